The Morgan fingerprint density at radius 3 is 2.95 bits per heavy atom. The second-order valence-corrected chi connectivity index (χ2v) is 3.95. The van der Waals surface area contributed by atoms with Crippen molar-refractivity contribution in [2.24, 2.45) is 0 Å². The average molecular weight is 268 g/mol. The summed E-state index contributed by atoms with van der Waals surface area (Å²) in [6, 6.07) is 1.73. The van der Waals surface area contributed by atoms with Gasteiger partial charge in [0.15, 0.2) is 6.04 Å². The van der Waals surface area contributed by atoms with Gasteiger partial charge in [-0.2, -0.15) is 0 Å². The van der Waals surface area contributed by atoms with Crippen molar-refractivity contribution < 1.29 is 19.6 Å². The molecule has 3 N–H and O–H groups in total. The first-order valence-electron chi connectivity index (χ1n) is 5.49. The number of pyridine rings is 1. The molecule has 1 fully saturated rings. The van der Waals surface area contributed by atoms with Gasteiger partial charge in [-0.25, -0.2) is 9.78 Å². The minimum absolute atomic E-state index is 0.0356. The van der Waals surface area contributed by atoms with Gasteiger partial charge in [0.1, 0.15) is 5.82 Å². The fourth-order valence-electron chi connectivity index (χ4n) is 1.85. The molecule has 1 aliphatic rings. The van der Waals surface area contributed by atoms with Crippen LogP contribution >= 0.6 is 0 Å². The molecule has 1 saturated heterocycles. The normalized spacial score (nSPS) is 19.2. The summed E-state index contributed by atoms with van der Waals surface area (Å²) in [6.07, 6.45) is 0. The molecular weight excluding hydrogens is 256 g/mol. The lowest BCUT2D eigenvalue weighted by Crippen LogP contribution is -2.50. The van der Waals surface area contributed by atoms with Crippen LogP contribution in [-0.4, -0.2) is 46.8 Å². The molecule has 1 unspecified atom stereocenters. The van der Waals surface area contributed by atoms with E-state index in [1.165, 1.54) is 17.0 Å². The number of nitrogens with zero attached hydrogens (tertiary/aromatic N) is 3. The minimum Gasteiger partial charge on any atom is -0.480 e. The molecule has 1 aromatic rings. The van der Waals surface area contributed by atoms with Crippen molar-refractivity contribution in [3.63, 3.8) is 0 Å². The lowest BCUT2D eigenvalue weighted by molar-refractivity contribution is -0.384. The van der Waals surface area contributed by atoms with Gasteiger partial charge in [0.25, 0.3) is 0 Å². The number of morpholine rings is 1. The number of nitrogen functional groups attached to an aromatic ring is 1. The molecule has 9 heteroatoms. The molecule has 102 valence electrons. The summed E-state index contributed by atoms with van der Waals surface area (Å²) in [4.78, 5) is 26.5. The number of carbonyl (C=O) groups is 1. The van der Waals surface area contributed by atoms with Crippen LogP contribution < -0.4 is 10.6 Å². The van der Waals surface area contributed by atoms with Crippen LogP contribution in [0.4, 0.5) is 17.3 Å². The van der Waals surface area contributed by atoms with E-state index in [1.807, 2.05) is 0 Å². The first kappa shape index (κ1) is 13.0. The zero-order valence-electron chi connectivity index (χ0n) is 9.85. The molecule has 2 heterocycles. The van der Waals surface area contributed by atoms with Crippen molar-refractivity contribution in [1.82, 2.24) is 4.98 Å². The molecule has 0 radical (unpaired) electrons. The van der Waals surface area contributed by atoms with Crippen LogP contribution in [0.15, 0.2) is 12.1 Å². The van der Waals surface area contributed by atoms with Crippen molar-refractivity contribution in [2.75, 3.05) is 30.4 Å². The quantitative estimate of drug-likeness (QED) is 0.572. The molecule has 0 spiro atoms. The van der Waals surface area contributed by atoms with Gasteiger partial charge >= 0.3 is 11.7 Å². The van der Waals surface area contributed by atoms with E-state index in [0.717, 1.165) is 0 Å². The number of anilines is 2. The molecule has 0 amide bonds. The van der Waals surface area contributed by atoms with Crippen molar-refractivity contribution in [2.45, 2.75) is 6.04 Å². The molecule has 19 heavy (non-hydrogen) atoms. The second kappa shape index (κ2) is 5.06. The summed E-state index contributed by atoms with van der Waals surface area (Å²) in [5, 5.41) is 19.7. The zero-order chi connectivity index (χ0) is 14.0. The van der Waals surface area contributed by atoms with Crippen molar-refractivity contribution in [1.29, 1.82) is 0 Å². The molecule has 0 aliphatic carbocycles. The van der Waals surface area contributed by atoms with E-state index < -0.39 is 16.9 Å². The standard InChI is InChI=1S/C10H12N4O5/c11-9-6(14(17)18)1-2-8(12-9)13-3-4-19-5-7(13)10(15)16/h1-2,7H,3-5H2,(H2,11,12)(H,15,16). The molecule has 0 bridgehead atoms. The van der Waals surface area contributed by atoms with Gasteiger partial charge in [0.05, 0.1) is 18.1 Å². The molecule has 1 atom stereocenters. The number of carboxylic acid groups (broad SMARTS) is 1. The highest BCUT2D eigenvalue weighted by molar-refractivity contribution is 5.78. The average Bonchev–Trinajstić information content (AvgIpc) is 2.38. The third-order valence-electron chi connectivity index (χ3n) is 2.79. The fourth-order valence-corrected chi connectivity index (χ4v) is 1.85. The zero-order valence-corrected chi connectivity index (χ0v) is 9.85. The van der Waals surface area contributed by atoms with Gasteiger partial charge in [-0.1, -0.05) is 0 Å². The Bertz CT molecular complexity index is 521. The first-order chi connectivity index (χ1) is 9.00. The van der Waals surface area contributed by atoms with Gasteiger partial charge < -0.3 is 20.5 Å². The smallest absolute Gasteiger partial charge is 0.328 e. The van der Waals surface area contributed by atoms with E-state index in [4.69, 9.17) is 15.6 Å². The number of hydrogen-bond acceptors (Lipinski definition) is 7. The Kier molecular flexibility index (Phi) is 3.47. The van der Waals surface area contributed by atoms with Crippen molar-refractivity contribution >= 4 is 23.3 Å². The molecular formula is C10H12N4O5. The maximum Gasteiger partial charge on any atom is 0.328 e. The van der Waals surface area contributed by atoms with Gasteiger partial charge in [0.2, 0.25) is 5.82 Å². The summed E-state index contributed by atoms with van der Waals surface area (Å²) in [7, 11) is 0. The molecule has 9 nitrogen and oxygen atoms in total. The van der Waals surface area contributed by atoms with Crippen LogP contribution in [0.3, 0.4) is 0 Å². The maximum atomic E-state index is 11.1. The van der Waals surface area contributed by atoms with E-state index in [1.54, 1.807) is 0 Å². The largest absolute Gasteiger partial charge is 0.480 e. The first-order valence-corrected chi connectivity index (χ1v) is 5.49. The number of nitro groups is 1. The van der Waals surface area contributed by atoms with Gasteiger partial charge in [-0.05, 0) is 6.07 Å². The van der Waals surface area contributed by atoms with Crippen LogP contribution in [0.5, 0.6) is 0 Å². The Labute approximate surface area is 107 Å². The maximum absolute atomic E-state index is 11.1. The molecule has 1 aliphatic heterocycles. The summed E-state index contributed by atoms with van der Waals surface area (Å²) < 4.78 is 5.10. The van der Waals surface area contributed by atoms with E-state index in [9.17, 15) is 14.9 Å². The third kappa shape index (κ3) is 2.55. The Hall–Kier alpha value is -2.42. The van der Waals surface area contributed by atoms with E-state index >= 15 is 0 Å². The van der Waals surface area contributed by atoms with E-state index in [-0.39, 0.29) is 18.1 Å². The Balaban J connectivity index is 2.32. The molecule has 0 saturated carbocycles. The summed E-state index contributed by atoms with van der Waals surface area (Å²) in [5.41, 5.74) is 5.19. The van der Waals surface area contributed by atoms with Crippen LogP contribution in [0.25, 0.3) is 0 Å². The number of nitrogens with two attached hydrogens (primary N) is 1. The molecule has 2 rings (SSSR count). The lowest BCUT2D eigenvalue weighted by atomic mass is 10.2. The van der Waals surface area contributed by atoms with E-state index in [0.29, 0.717) is 19.0 Å². The number of aliphatic carboxylic acids is 1. The van der Waals surface area contributed by atoms with Crippen LogP contribution in [0.1, 0.15) is 0 Å². The van der Waals surface area contributed by atoms with Crippen LogP contribution in [-0.2, 0) is 9.53 Å². The highest BCUT2D eigenvalue weighted by atomic mass is 16.6. The Morgan fingerprint density at radius 1 is 1.63 bits per heavy atom. The van der Waals surface area contributed by atoms with E-state index in [2.05, 4.69) is 4.98 Å². The van der Waals surface area contributed by atoms with Gasteiger partial charge in [-0.3, -0.25) is 10.1 Å². The number of rotatable bonds is 3. The summed E-state index contributed by atoms with van der Waals surface area (Å²) >= 11 is 0. The third-order valence-corrected chi connectivity index (χ3v) is 2.79. The monoisotopic (exact) mass is 268 g/mol. The van der Waals surface area contributed by atoms with Crippen LogP contribution in [0, 0.1) is 10.1 Å². The number of hydrogen-bond donors (Lipinski definition) is 2. The fraction of sp³-hybridized carbons (Fsp3) is 0.400. The van der Waals surface area contributed by atoms with Gasteiger partial charge in [0, 0.05) is 12.6 Å². The molecule has 1 aromatic heterocycles. The summed E-state index contributed by atoms with van der Waals surface area (Å²) in [5.74, 6) is -0.990. The second-order valence-electron chi connectivity index (χ2n) is 3.95. The predicted octanol–water partition coefficient (Wildman–Crippen LogP) is -0.138. The number of ether oxygens (including phenoxy) is 1. The lowest BCUT2D eigenvalue weighted by Gasteiger charge is -2.33. The number of aromatic nitrogens is 1. The minimum atomic E-state index is -1.04. The molecule has 0 aromatic carbocycles. The van der Waals surface area contributed by atoms with Gasteiger partial charge in [-0.15, -0.1) is 0 Å². The highest BCUT2D eigenvalue weighted by Gasteiger charge is 2.30. The Morgan fingerprint density at radius 2 is 2.37 bits per heavy atom. The van der Waals surface area contributed by atoms with Crippen molar-refractivity contribution in [3.8, 4) is 0 Å². The summed E-state index contributed by atoms with van der Waals surface area (Å²) in [6.45, 7) is 0.734. The highest BCUT2D eigenvalue weighted by Crippen LogP contribution is 2.25. The van der Waals surface area contributed by atoms with Crippen LogP contribution in [0.2, 0.25) is 0 Å². The number of carboxylic acids is 1. The SMILES string of the molecule is Nc1nc(N2CCOCC2C(=O)O)ccc1[N+](=O)[O-]. The predicted molar refractivity (Wildman–Crippen MR) is 64.9 cm³/mol. The van der Waals surface area contributed by atoms with Crippen molar-refractivity contribution in [3.05, 3.63) is 22.2 Å². The topological polar surface area (TPSA) is 132 Å².